The molecule has 2 saturated heterocycles. The minimum absolute atomic E-state index is 0.112. The molecule has 0 radical (unpaired) electrons. The number of likely N-dealkylation sites (tertiary alicyclic amines) is 1. The lowest BCUT2D eigenvalue weighted by atomic mass is 9.85. The number of fused-ring (bicyclic) bond motifs is 2. The Labute approximate surface area is 198 Å². The van der Waals surface area contributed by atoms with Crippen LogP contribution in [0.5, 0.6) is 11.5 Å². The average Bonchev–Trinajstić information content (AvgIpc) is 3.01. The van der Waals surface area contributed by atoms with E-state index in [4.69, 9.17) is 9.47 Å². The number of carbonyl (C=O) groups is 3. The number of imide groups is 1. The van der Waals surface area contributed by atoms with E-state index < -0.39 is 10.0 Å². The van der Waals surface area contributed by atoms with Gasteiger partial charge in [0.25, 0.3) is 0 Å². The third kappa shape index (κ3) is 4.07. The molecule has 0 aromatic heterocycles. The van der Waals surface area contributed by atoms with Crippen LogP contribution in [0.1, 0.15) is 19.3 Å². The third-order valence-electron chi connectivity index (χ3n) is 6.84. The van der Waals surface area contributed by atoms with Gasteiger partial charge in [-0.25, -0.2) is 8.42 Å². The molecule has 1 aromatic rings. The van der Waals surface area contributed by atoms with Crippen LogP contribution in [0.4, 0.5) is 0 Å². The highest BCUT2D eigenvalue weighted by Gasteiger charge is 2.48. The van der Waals surface area contributed by atoms with Crippen molar-refractivity contribution in [2.24, 2.45) is 11.8 Å². The molecule has 3 heterocycles. The van der Waals surface area contributed by atoms with E-state index in [1.165, 1.54) is 21.3 Å². The van der Waals surface area contributed by atoms with Gasteiger partial charge in [-0.3, -0.25) is 19.3 Å². The van der Waals surface area contributed by atoms with Crippen molar-refractivity contribution >= 4 is 27.7 Å². The van der Waals surface area contributed by atoms with Gasteiger partial charge >= 0.3 is 0 Å². The van der Waals surface area contributed by atoms with E-state index in [1.54, 1.807) is 6.07 Å². The predicted molar refractivity (Wildman–Crippen MR) is 119 cm³/mol. The molecule has 0 N–H and O–H groups in total. The zero-order valence-electron chi connectivity index (χ0n) is 18.7. The first kappa shape index (κ1) is 22.9. The Morgan fingerprint density at radius 3 is 2.18 bits per heavy atom. The maximum Gasteiger partial charge on any atom is 0.243 e. The summed E-state index contributed by atoms with van der Waals surface area (Å²) in [5.74, 6) is -0.741. The fourth-order valence-electron chi connectivity index (χ4n) is 4.89. The Kier molecular flexibility index (Phi) is 6.07. The second kappa shape index (κ2) is 9.03. The maximum atomic E-state index is 13.2. The van der Waals surface area contributed by atoms with Crippen molar-refractivity contribution < 1.29 is 32.3 Å². The van der Waals surface area contributed by atoms with Crippen LogP contribution in [0.3, 0.4) is 0 Å². The molecule has 5 rings (SSSR count). The monoisotopic (exact) mass is 489 g/mol. The van der Waals surface area contributed by atoms with E-state index in [0.29, 0.717) is 37.6 Å². The van der Waals surface area contributed by atoms with Gasteiger partial charge in [0.2, 0.25) is 27.7 Å². The van der Waals surface area contributed by atoms with Crippen molar-refractivity contribution in [1.82, 2.24) is 14.1 Å². The first-order valence-electron chi connectivity index (χ1n) is 11.5. The lowest BCUT2D eigenvalue weighted by molar-refractivity contribution is -0.147. The highest BCUT2D eigenvalue weighted by Crippen LogP contribution is 2.35. The highest BCUT2D eigenvalue weighted by atomic mass is 32.2. The van der Waals surface area contributed by atoms with Crippen LogP contribution in [0.25, 0.3) is 0 Å². The fourth-order valence-corrected chi connectivity index (χ4v) is 6.33. The Hall–Kier alpha value is -2.92. The minimum atomic E-state index is -3.78. The summed E-state index contributed by atoms with van der Waals surface area (Å²) in [7, 11) is -3.78. The van der Waals surface area contributed by atoms with Gasteiger partial charge in [-0.1, -0.05) is 12.2 Å². The first-order valence-corrected chi connectivity index (χ1v) is 13.0. The second-order valence-electron chi connectivity index (χ2n) is 8.86. The number of amides is 3. The molecule has 4 aliphatic rings. The number of hydrogen-bond donors (Lipinski definition) is 0. The number of piperazine rings is 1. The summed E-state index contributed by atoms with van der Waals surface area (Å²) in [6.07, 6.45) is 5.58. The van der Waals surface area contributed by atoms with E-state index in [9.17, 15) is 22.8 Å². The number of sulfonamides is 1. The first-order chi connectivity index (χ1) is 16.4. The third-order valence-corrected chi connectivity index (χ3v) is 8.73. The molecule has 2 fully saturated rings. The molecule has 11 heteroatoms. The van der Waals surface area contributed by atoms with Gasteiger partial charge in [-0.2, -0.15) is 4.31 Å². The minimum Gasteiger partial charge on any atom is -0.490 e. The molecular weight excluding hydrogens is 462 g/mol. The summed E-state index contributed by atoms with van der Waals surface area (Å²) < 4.78 is 38.9. The number of allylic oxidation sites excluding steroid dienone is 2. The van der Waals surface area contributed by atoms with Crippen molar-refractivity contribution in [3.63, 3.8) is 0 Å². The zero-order chi connectivity index (χ0) is 23.9. The average molecular weight is 490 g/mol. The molecule has 34 heavy (non-hydrogen) atoms. The maximum absolute atomic E-state index is 13.2. The van der Waals surface area contributed by atoms with Crippen molar-refractivity contribution in [1.29, 1.82) is 0 Å². The Balaban J connectivity index is 1.21. The second-order valence-corrected chi connectivity index (χ2v) is 10.8. The van der Waals surface area contributed by atoms with Gasteiger partial charge in [0.15, 0.2) is 11.5 Å². The molecular formula is C23H27N3O7S. The van der Waals surface area contributed by atoms with Crippen LogP contribution in [-0.4, -0.2) is 86.2 Å². The van der Waals surface area contributed by atoms with Crippen LogP contribution >= 0.6 is 0 Å². The van der Waals surface area contributed by atoms with E-state index in [0.717, 1.165) is 11.3 Å². The standard InChI is InChI=1S/C23H27N3O7S/c27-21(15-26-22(28)17-4-1-2-5-18(17)23(26)29)24-8-10-25(11-9-24)34(30,31)16-6-7-19-20(14-16)33-13-3-12-32-19/h1-2,6-7,14,17-18H,3-5,8-13,15H2. The molecule has 3 aliphatic heterocycles. The van der Waals surface area contributed by atoms with E-state index in [-0.39, 0.29) is 67.2 Å². The largest absolute Gasteiger partial charge is 0.490 e. The zero-order valence-corrected chi connectivity index (χ0v) is 19.5. The Morgan fingerprint density at radius 2 is 1.53 bits per heavy atom. The smallest absolute Gasteiger partial charge is 0.243 e. The topological polar surface area (TPSA) is 114 Å². The van der Waals surface area contributed by atoms with Crippen molar-refractivity contribution in [3.8, 4) is 11.5 Å². The van der Waals surface area contributed by atoms with Crippen molar-refractivity contribution in [2.45, 2.75) is 24.2 Å². The van der Waals surface area contributed by atoms with Gasteiger partial charge in [-0.15, -0.1) is 0 Å². The summed E-state index contributed by atoms with van der Waals surface area (Å²) in [5.41, 5.74) is 0. The normalized spacial score (nSPS) is 25.3. The summed E-state index contributed by atoms with van der Waals surface area (Å²) in [4.78, 5) is 40.8. The molecule has 1 aliphatic carbocycles. The Bertz CT molecular complexity index is 1120. The number of carbonyl (C=O) groups excluding carboxylic acids is 3. The van der Waals surface area contributed by atoms with Crippen LogP contribution in [0, 0.1) is 11.8 Å². The number of benzene rings is 1. The van der Waals surface area contributed by atoms with Crippen molar-refractivity contribution in [2.75, 3.05) is 45.9 Å². The molecule has 0 spiro atoms. The highest BCUT2D eigenvalue weighted by molar-refractivity contribution is 7.89. The van der Waals surface area contributed by atoms with E-state index >= 15 is 0 Å². The SMILES string of the molecule is O=C(CN1C(=O)C2CC=CCC2C1=O)N1CCN(S(=O)(=O)c2ccc3c(c2)OCCCO3)CC1. The predicted octanol–water partition coefficient (Wildman–Crippen LogP) is 0.632. The van der Waals surface area contributed by atoms with E-state index in [1.807, 2.05) is 12.2 Å². The number of hydrogen-bond acceptors (Lipinski definition) is 7. The van der Waals surface area contributed by atoms with Gasteiger partial charge in [0.05, 0.1) is 29.9 Å². The Morgan fingerprint density at radius 1 is 0.912 bits per heavy atom. The fraction of sp³-hybridized carbons (Fsp3) is 0.522. The van der Waals surface area contributed by atoms with Crippen LogP contribution in [0.15, 0.2) is 35.2 Å². The molecule has 10 nitrogen and oxygen atoms in total. The number of nitrogens with zero attached hydrogens (tertiary/aromatic N) is 3. The molecule has 182 valence electrons. The number of rotatable bonds is 4. The van der Waals surface area contributed by atoms with E-state index in [2.05, 4.69) is 0 Å². The molecule has 3 amide bonds. The van der Waals surface area contributed by atoms with Crippen molar-refractivity contribution in [3.05, 3.63) is 30.4 Å². The summed E-state index contributed by atoms with van der Waals surface area (Å²) in [6, 6.07) is 4.58. The molecule has 0 saturated carbocycles. The lowest BCUT2D eigenvalue weighted by Crippen LogP contribution is -2.53. The molecule has 0 bridgehead atoms. The molecule has 2 atom stereocenters. The molecule has 2 unspecified atom stereocenters. The van der Waals surface area contributed by atoms with Crippen LogP contribution < -0.4 is 9.47 Å². The lowest BCUT2D eigenvalue weighted by Gasteiger charge is -2.34. The summed E-state index contributed by atoms with van der Waals surface area (Å²) in [6.45, 7) is 1.30. The quantitative estimate of drug-likeness (QED) is 0.450. The van der Waals surface area contributed by atoms with Gasteiger partial charge in [0, 0.05) is 38.7 Å². The molecule has 1 aromatic carbocycles. The van der Waals surface area contributed by atoms with Crippen LogP contribution in [-0.2, 0) is 24.4 Å². The summed E-state index contributed by atoms with van der Waals surface area (Å²) >= 11 is 0. The van der Waals surface area contributed by atoms with Gasteiger partial charge in [-0.05, 0) is 25.0 Å². The van der Waals surface area contributed by atoms with Gasteiger partial charge < -0.3 is 14.4 Å². The number of ether oxygens (including phenoxy) is 2. The van der Waals surface area contributed by atoms with Crippen LogP contribution in [0.2, 0.25) is 0 Å². The van der Waals surface area contributed by atoms with Gasteiger partial charge in [0.1, 0.15) is 6.54 Å². The summed E-state index contributed by atoms with van der Waals surface area (Å²) in [5, 5.41) is 0.